The predicted octanol–water partition coefficient (Wildman–Crippen LogP) is 6.67. The molecule has 0 aliphatic carbocycles. The van der Waals surface area contributed by atoms with Gasteiger partial charge in [0.05, 0.1) is 22.0 Å². The highest BCUT2D eigenvalue weighted by Crippen LogP contribution is 2.37. The van der Waals surface area contributed by atoms with Crippen LogP contribution >= 0.6 is 23.2 Å². The van der Waals surface area contributed by atoms with E-state index in [1.807, 2.05) is 66.7 Å². The number of nitrogens with zero attached hydrogens (tertiary/aromatic N) is 1. The lowest BCUT2D eigenvalue weighted by Gasteiger charge is -2.37. The Morgan fingerprint density at radius 3 is 2.42 bits per heavy atom. The van der Waals surface area contributed by atoms with Crippen LogP contribution < -0.4 is 4.74 Å². The molecule has 31 heavy (non-hydrogen) atoms. The number of carbonyl (C=O) groups is 1. The third kappa shape index (κ3) is 5.21. The Hall–Kier alpha value is -2.53. The van der Waals surface area contributed by atoms with E-state index < -0.39 is 5.97 Å². The monoisotopic (exact) mass is 455 g/mol. The average molecular weight is 456 g/mol. The summed E-state index contributed by atoms with van der Waals surface area (Å²) in [6.45, 7) is 1.28. The van der Waals surface area contributed by atoms with Crippen LogP contribution in [0.25, 0.3) is 0 Å². The van der Waals surface area contributed by atoms with Crippen molar-refractivity contribution in [3.63, 3.8) is 0 Å². The summed E-state index contributed by atoms with van der Waals surface area (Å²) in [5.74, 6) is 0.344. The fraction of sp³-hybridized carbons (Fsp3) is 0.240. The van der Waals surface area contributed by atoms with E-state index in [0.717, 1.165) is 35.6 Å². The molecule has 0 aromatic heterocycles. The van der Waals surface area contributed by atoms with Crippen molar-refractivity contribution in [2.24, 2.45) is 5.92 Å². The van der Waals surface area contributed by atoms with Crippen LogP contribution in [0, 0.1) is 5.92 Å². The number of carboxylic acid groups (broad SMARTS) is 1. The molecule has 0 bridgehead atoms. The maximum Gasteiger partial charge on any atom is 0.307 e. The molecule has 0 amide bonds. The van der Waals surface area contributed by atoms with E-state index in [-0.39, 0.29) is 12.0 Å². The zero-order valence-corrected chi connectivity index (χ0v) is 18.4. The van der Waals surface area contributed by atoms with Gasteiger partial charge in [0.25, 0.3) is 0 Å². The first-order chi connectivity index (χ1) is 15.0. The van der Waals surface area contributed by atoms with Crippen molar-refractivity contribution < 1.29 is 14.6 Å². The number of hydrogen-bond acceptors (Lipinski definition) is 3. The Kier molecular flexibility index (Phi) is 6.81. The van der Waals surface area contributed by atoms with Gasteiger partial charge in [-0.2, -0.15) is 0 Å². The largest absolute Gasteiger partial charge is 0.481 e. The molecule has 1 N–H and O–H groups in total. The Bertz CT molecular complexity index is 1060. The Balaban J connectivity index is 1.71. The molecule has 4 nitrogen and oxygen atoms in total. The predicted molar refractivity (Wildman–Crippen MR) is 123 cm³/mol. The second kappa shape index (κ2) is 9.73. The van der Waals surface area contributed by atoms with E-state index in [2.05, 4.69) is 4.90 Å². The van der Waals surface area contributed by atoms with E-state index in [9.17, 15) is 9.90 Å². The number of rotatable bonds is 6. The average Bonchev–Trinajstić information content (AvgIpc) is 2.78. The summed E-state index contributed by atoms with van der Waals surface area (Å²) < 4.78 is 6.03. The molecule has 1 fully saturated rings. The van der Waals surface area contributed by atoms with Crippen molar-refractivity contribution in [3.8, 4) is 11.5 Å². The van der Waals surface area contributed by atoms with Crippen LogP contribution in [-0.2, 0) is 4.79 Å². The second-order valence-corrected chi connectivity index (χ2v) is 8.55. The van der Waals surface area contributed by atoms with Crippen LogP contribution in [0.15, 0.2) is 72.8 Å². The maximum absolute atomic E-state index is 11.7. The molecule has 160 valence electrons. The molecule has 1 heterocycles. The third-order valence-electron chi connectivity index (χ3n) is 5.58. The van der Waals surface area contributed by atoms with Gasteiger partial charge < -0.3 is 9.84 Å². The number of hydrogen-bond donors (Lipinski definition) is 1. The lowest BCUT2D eigenvalue weighted by molar-refractivity contribution is -0.143. The van der Waals surface area contributed by atoms with Crippen LogP contribution in [0.2, 0.25) is 10.0 Å². The third-order valence-corrected chi connectivity index (χ3v) is 6.32. The minimum Gasteiger partial charge on any atom is -0.481 e. The number of aliphatic carboxylic acids is 1. The summed E-state index contributed by atoms with van der Waals surface area (Å²) >= 11 is 12.5. The zero-order chi connectivity index (χ0) is 21.8. The van der Waals surface area contributed by atoms with Gasteiger partial charge in [0, 0.05) is 6.54 Å². The number of likely N-dealkylation sites (tertiary alicyclic amines) is 1. The lowest BCUT2D eigenvalue weighted by atomic mass is 9.91. The summed E-state index contributed by atoms with van der Waals surface area (Å²) in [4.78, 5) is 13.9. The topological polar surface area (TPSA) is 49.8 Å². The molecule has 3 aromatic carbocycles. The van der Waals surface area contributed by atoms with Crippen molar-refractivity contribution in [2.75, 3.05) is 13.1 Å². The van der Waals surface area contributed by atoms with Gasteiger partial charge in [-0.25, -0.2) is 0 Å². The molecule has 0 spiro atoms. The van der Waals surface area contributed by atoms with E-state index in [0.29, 0.717) is 23.0 Å². The van der Waals surface area contributed by atoms with Crippen LogP contribution in [0.5, 0.6) is 11.5 Å². The summed E-state index contributed by atoms with van der Waals surface area (Å²) in [6.07, 6.45) is 1.52. The number of piperidine rings is 1. The van der Waals surface area contributed by atoms with Crippen molar-refractivity contribution in [1.82, 2.24) is 4.90 Å². The molecule has 3 aromatic rings. The minimum absolute atomic E-state index is 0.156. The standard InChI is InChI=1S/C25H23Cl2NO3/c26-22-12-11-18(15-23(22)27)24(28-13-5-7-19(16-28)25(29)30)17-6-4-10-21(14-17)31-20-8-2-1-3-9-20/h1-4,6,8-12,14-15,19,24H,5,7,13,16H2,(H,29,30). The van der Waals surface area contributed by atoms with Gasteiger partial charge >= 0.3 is 5.97 Å². The van der Waals surface area contributed by atoms with E-state index in [1.54, 1.807) is 6.07 Å². The highest BCUT2D eigenvalue weighted by molar-refractivity contribution is 6.42. The molecular weight excluding hydrogens is 433 g/mol. The fourth-order valence-corrected chi connectivity index (χ4v) is 4.42. The summed E-state index contributed by atoms with van der Waals surface area (Å²) in [7, 11) is 0. The minimum atomic E-state index is -0.751. The molecule has 1 aliphatic rings. The second-order valence-electron chi connectivity index (χ2n) is 7.74. The number of benzene rings is 3. The molecule has 1 saturated heterocycles. The maximum atomic E-state index is 11.7. The zero-order valence-electron chi connectivity index (χ0n) is 16.9. The first kappa shape index (κ1) is 21.7. The van der Waals surface area contributed by atoms with Gasteiger partial charge in [-0.05, 0) is 66.9 Å². The van der Waals surface area contributed by atoms with Crippen LogP contribution in [-0.4, -0.2) is 29.1 Å². The van der Waals surface area contributed by atoms with Gasteiger partial charge in [0.2, 0.25) is 0 Å². The smallest absolute Gasteiger partial charge is 0.307 e. The molecule has 2 atom stereocenters. The first-order valence-corrected chi connectivity index (χ1v) is 11.0. The lowest BCUT2D eigenvalue weighted by Crippen LogP contribution is -2.41. The molecule has 2 unspecified atom stereocenters. The SMILES string of the molecule is O=C(O)C1CCCN(C(c2cccc(Oc3ccccc3)c2)c2ccc(Cl)c(Cl)c2)C1. The van der Waals surface area contributed by atoms with Crippen molar-refractivity contribution in [3.05, 3.63) is 94.0 Å². The highest BCUT2D eigenvalue weighted by Gasteiger charge is 2.31. The normalized spacial score (nSPS) is 17.8. The Morgan fingerprint density at radius 1 is 0.935 bits per heavy atom. The quantitative estimate of drug-likeness (QED) is 0.450. The van der Waals surface area contributed by atoms with E-state index >= 15 is 0 Å². The highest BCUT2D eigenvalue weighted by atomic mass is 35.5. The number of halogens is 2. The van der Waals surface area contributed by atoms with E-state index in [1.165, 1.54) is 0 Å². The van der Waals surface area contributed by atoms with Crippen LogP contribution in [0.3, 0.4) is 0 Å². The van der Waals surface area contributed by atoms with Gasteiger partial charge in [-0.15, -0.1) is 0 Å². The van der Waals surface area contributed by atoms with Gasteiger partial charge in [0.1, 0.15) is 11.5 Å². The van der Waals surface area contributed by atoms with Gasteiger partial charge in [-0.3, -0.25) is 9.69 Å². The summed E-state index contributed by atoms with van der Waals surface area (Å²) in [5, 5.41) is 10.6. The molecule has 6 heteroatoms. The number of para-hydroxylation sites is 1. The van der Waals surface area contributed by atoms with E-state index in [4.69, 9.17) is 27.9 Å². The van der Waals surface area contributed by atoms with Gasteiger partial charge in [-0.1, -0.05) is 59.6 Å². The Morgan fingerprint density at radius 2 is 1.68 bits per heavy atom. The molecule has 4 rings (SSSR count). The Labute approximate surface area is 192 Å². The van der Waals surface area contributed by atoms with Crippen molar-refractivity contribution in [2.45, 2.75) is 18.9 Å². The molecular formula is C25H23Cl2NO3. The molecule has 0 radical (unpaired) electrons. The van der Waals surface area contributed by atoms with Crippen LogP contribution in [0.1, 0.15) is 30.0 Å². The van der Waals surface area contributed by atoms with Crippen LogP contribution in [0.4, 0.5) is 0 Å². The number of ether oxygens (including phenoxy) is 1. The van der Waals surface area contributed by atoms with Gasteiger partial charge in [0.15, 0.2) is 0 Å². The molecule has 0 saturated carbocycles. The fourth-order valence-electron chi connectivity index (χ4n) is 4.11. The molecule has 1 aliphatic heterocycles. The van der Waals surface area contributed by atoms with Crippen molar-refractivity contribution in [1.29, 1.82) is 0 Å². The first-order valence-electron chi connectivity index (χ1n) is 10.3. The number of carboxylic acids is 1. The summed E-state index contributed by atoms with van der Waals surface area (Å²) in [6, 6.07) is 23.0. The van der Waals surface area contributed by atoms with Crippen molar-refractivity contribution >= 4 is 29.2 Å². The summed E-state index contributed by atoms with van der Waals surface area (Å²) in [5.41, 5.74) is 1.98.